The molecule has 0 saturated heterocycles. The van der Waals surface area contributed by atoms with Crippen LogP contribution < -0.4 is 0 Å². The summed E-state index contributed by atoms with van der Waals surface area (Å²) < 4.78 is 5.57. The molecule has 0 radical (unpaired) electrons. The number of nitro groups is 1. The Hall–Kier alpha value is -2.11. The molecule has 0 atom stereocenters. The molecule has 0 heterocycles. The minimum absolute atomic E-state index is 0.0558. The summed E-state index contributed by atoms with van der Waals surface area (Å²) in [7, 11) is 0. The van der Waals surface area contributed by atoms with Crippen molar-refractivity contribution >= 4 is 11.8 Å². The molecule has 0 aromatic heterocycles. The number of carbonyl (C=O) groups is 1. The highest BCUT2D eigenvalue weighted by atomic mass is 16.6. The molecule has 0 aliphatic heterocycles. The highest BCUT2D eigenvalue weighted by Gasteiger charge is 2.29. The van der Waals surface area contributed by atoms with Gasteiger partial charge >= 0.3 is 6.09 Å². The third kappa shape index (κ3) is 5.22. The number of nitro benzene ring substituents is 1. The van der Waals surface area contributed by atoms with Crippen molar-refractivity contribution in [2.24, 2.45) is 0 Å². The molecule has 1 aromatic rings. The van der Waals surface area contributed by atoms with E-state index in [1.165, 1.54) is 18.6 Å². The van der Waals surface area contributed by atoms with Crippen LogP contribution in [0.5, 0.6) is 0 Å². The minimum Gasteiger partial charge on any atom is -0.444 e. The molecule has 0 unspecified atom stereocenters. The van der Waals surface area contributed by atoms with Gasteiger partial charge in [0.15, 0.2) is 0 Å². The average molecular weight is 334 g/mol. The normalized spacial score (nSPS) is 15.8. The van der Waals surface area contributed by atoms with Crippen LogP contribution in [0.2, 0.25) is 0 Å². The van der Waals surface area contributed by atoms with Crippen molar-refractivity contribution in [3.8, 4) is 0 Å². The van der Waals surface area contributed by atoms with E-state index >= 15 is 0 Å². The quantitative estimate of drug-likeness (QED) is 0.593. The van der Waals surface area contributed by atoms with E-state index in [-0.39, 0.29) is 17.8 Å². The zero-order valence-corrected chi connectivity index (χ0v) is 14.7. The van der Waals surface area contributed by atoms with Crippen molar-refractivity contribution in [1.82, 2.24) is 4.90 Å². The Morgan fingerprint density at radius 3 is 2.29 bits per heavy atom. The van der Waals surface area contributed by atoms with Crippen LogP contribution in [0.4, 0.5) is 10.5 Å². The number of ether oxygens (including phenoxy) is 1. The van der Waals surface area contributed by atoms with Crippen molar-refractivity contribution in [1.29, 1.82) is 0 Å². The van der Waals surface area contributed by atoms with Crippen molar-refractivity contribution in [2.75, 3.05) is 0 Å². The SMILES string of the molecule is CC(C)(C)OC(=O)N(Cc1ccc([N+](=O)[O-])cc1)C1CCCCC1. The lowest BCUT2D eigenvalue weighted by atomic mass is 9.94. The summed E-state index contributed by atoms with van der Waals surface area (Å²) in [6.45, 7) is 5.99. The van der Waals surface area contributed by atoms with Gasteiger partial charge in [-0.2, -0.15) is 0 Å². The fourth-order valence-electron chi connectivity index (χ4n) is 2.98. The van der Waals surface area contributed by atoms with E-state index in [0.29, 0.717) is 6.54 Å². The van der Waals surface area contributed by atoms with E-state index in [2.05, 4.69) is 0 Å². The van der Waals surface area contributed by atoms with Crippen molar-refractivity contribution < 1.29 is 14.5 Å². The molecule has 1 fully saturated rings. The number of rotatable bonds is 4. The maximum Gasteiger partial charge on any atom is 0.410 e. The van der Waals surface area contributed by atoms with Crippen molar-refractivity contribution in [2.45, 2.75) is 71.1 Å². The average Bonchev–Trinajstić information content (AvgIpc) is 2.52. The fourth-order valence-corrected chi connectivity index (χ4v) is 2.98. The second-order valence-electron chi connectivity index (χ2n) is 7.32. The first-order valence-electron chi connectivity index (χ1n) is 8.49. The zero-order chi connectivity index (χ0) is 17.7. The van der Waals surface area contributed by atoms with Crippen LogP contribution in [-0.4, -0.2) is 27.6 Å². The Labute approximate surface area is 142 Å². The van der Waals surface area contributed by atoms with Crippen LogP contribution in [0.25, 0.3) is 0 Å². The molecule has 6 heteroatoms. The summed E-state index contributed by atoms with van der Waals surface area (Å²) in [5, 5.41) is 10.8. The lowest BCUT2D eigenvalue weighted by Gasteiger charge is -2.35. The van der Waals surface area contributed by atoms with Gasteiger partial charge in [-0.1, -0.05) is 31.4 Å². The molecule has 6 nitrogen and oxygen atoms in total. The van der Waals surface area contributed by atoms with Gasteiger partial charge in [-0.05, 0) is 39.2 Å². The van der Waals surface area contributed by atoms with E-state index < -0.39 is 10.5 Å². The summed E-state index contributed by atoms with van der Waals surface area (Å²) in [6.07, 6.45) is 5.08. The van der Waals surface area contributed by atoms with Gasteiger partial charge in [0.1, 0.15) is 5.60 Å². The Kier molecular flexibility index (Phi) is 5.80. The molecular formula is C18H26N2O4. The van der Waals surface area contributed by atoms with Gasteiger partial charge in [-0.25, -0.2) is 4.79 Å². The molecule has 0 spiro atoms. The lowest BCUT2D eigenvalue weighted by molar-refractivity contribution is -0.384. The predicted molar refractivity (Wildman–Crippen MR) is 91.7 cm³/mol. The molecule has 2 rings (SSSR count). The molecule has 24 heavy (non-hydrogen) atoms. The molecule has 1 aliphatic carbocycles. The number of benzene rings is 1. The first kappa shape index (κ1) is 18.2. The Morgan fingerprint density at radius 2 is 1.79 bits per heavy atom. The number of nitrogens with zero attached hydrogens (tertiary/aromatic N) is 2. The molecule has 0 N–H and O–H groups in total. The molecular weight excluding hydrogens is 308 g/mol. The van der Waals surface area contributed by atoms with E-state index in [0.717, 1.165) is 31.2 Å². The lowest BCUT2D eigenvalue weighted by Crippen LogP contribution is -2.43. The number of hydrogen-bond donors (Lipinski definition) is 0. The highest BCUT2D eigenvalue weighted by Crippen LogP contribution is 2.26. The van der Waals surface area contributed by atoms with E-state index in [4.69, 9.17) is 4.74 Å². The Bertz CT molecular complexity index is 572. The molecule has 132 valence electrons. The highest BCUT2D eigenvalue weighted by molar-refractivity contribution is 5.68. The molecule has 1 aromatic carbocycles. The second-order valence-corrected chi connectivity index (χ2v) is 7.32. The van der Waals surface area contributed by atoms with E-state index in [1.807, 2.05) is 20.8 Å². The summed E-state index contributed by atoms with van der Waals surface area (Å²) in [4.78, 5) is 24.8. The van der Waals surface area contributed by atoms with Crippen LogP contribution in [0.15, 0.2) is 24.3 Å². The van der Waals surface area contributed by atoms with E-state index in [9.17, 15) is 14.9 Å². The van der Waals surface area contributed by atoms with Gasteiger partial charge in [0.05, 0.1) is 4.92 Å². The summed E-state index contributed by atoms with van der Waals surface area (Å²) in [6, 6.07) is 6.53. The third-order valence-electron chi connectivity index (χ3n) is 4.14. The van der Waals surface area contributed by atoms with Crippen LogP contribution in [0.3, 0.4) is 0 Å². The summed E-state index contributed by atoms with van der Waals surface area (Å²) in [5.74, 6) is 0. The van der Waals surface area contributed by atoms with Crippen molar-refractivity contribution in [3.63, 3.8) is 0 Å². The number of non-ortho nitro benzene ring substituents is 1. The maximum atomic E-state index is 12.6. The molecule has 1 amide bonds. The van der Waals surface area contributed by atoms with E-state index in [1.54, 1.807) is 17.0 Å². The summed E-state index contributed by atoms with van der Waals surface area (Å²) in [5.41, 5.74) is 0.386. The molecule has 1 aliphatic rings. The largest absolute Gasteiger partial charge is 0.444 e. The first-order chi connectivity index (χ1) is 11.3. The van der Waals surface area contributed by atoms with Crippen LogP contribution in [0.1, 0.15) is 58.4 Å². The second kappa shape index (κ2) is 7.64. The first-order valence-corrected chi connectivity index (χ1v) is 8.49. The van der Waals surface area contributed by atoms with Gasteiger partial charge in [0.2, 0.25) is 0 Å². The zero-order valence-electron chi connectivity index (χ0n) is 14.7. The number of amides is 1. The van der Waals surface area contributed by atoms with Gasteiger partial charge in [-0.3, -0.25) is 10.1 Å². The Morgan fingerprint density at radius 1 is 1.21 bits per heavy atom. The molecule has 0 bridgehead atoms. The van der Waals surface area contributed by atoms with Gasteiger partial charge < -0.3 is 9.64 Å². The maximum absolute atomic E-state index is 12.6. The predicted octanol–water partition coefficient (Wildman–Crippen LogP) is 4.66. The summed E-state index contributed by atoms with van der Waals surface area (Å²) >= 11 is 0. The topological polar surface area (TPSA) is 72.7 Å². The van der Waals surface area contributed by atoms with Crippen molar-refractivity contribution in [3.05, 3.63) is 39.9 Å². The van der Waals surface area contributed by atoms with Gasteiger partial charge in [0.25, 0.3) is 5.69 Å². The monoisotopic (exact) mass is 334 g/mol. The number of carbonyl (C=O) groups excluding carboxylic acids is 1. The minimum atomic E-state index is -0.542. The van der Waals surface area contributed by atoms with Gasteiger partial charge in [0, 0.05) is 24.7 Å². The fraction of sp³-hybridized carbons (Fsp3) is 0.611. The van der Waals surface area contributed by atoms with Crippen LogP contribution >= 0.6 is 0 Å². The number of hydrogen-bond acceptors (Lipinski definition) is 4. The van der Waals surface area contributed by atoms with Gasteiger partial charge in [-0.15, -0.1) is 0 Å². The molecule has 1 saturated carbocycles. The van der Waals surface area contributed by atoms with Crippen LogP contribution in [0, 0.1) is 10.1 Å². The smallest absolute Gasteiger partial charge is 0.410 e. The standard InChI is InChI=1S/C18H26N2O4/c1-18(2,3)24-17(21)19(15-7-5-4-6-8-15)13-14-9-11-16(12-10-14)20(22)23/h9-12,15H,4-8,13H2,1-3H3. The van der Waals surface area contributed by atoms with Crippen LogP contribution in [-0.2, 0) is 11.3 Å². The third-order valence-corrected chi connectivity index (χ3v) is 4.14. The Balaban J connectivity index is 2.15.